The molecule has 0 saturated heterocycles. The van der Waals surface area contributed by atoms with Gasteiger partial charge in [-0.1, -0.05) is 0 Å². The third-order valence-electron chi connectivity index (χ3n) is 3.12. The van der Waals surface area contributed by atoms with E-state index in [1.54, 1.807) is 13.8 Å². The predicted octanol–water partition coefficient (Wildman–Crippen LogP) is 2.68. The quantitative estimate of drug-likeness (QED) is 0.428. The first-order valence-electron chi connectivity index (χ1n) is 6.13. The largest absolute Gasteiger partial charge is 0.273 e. The van der Waals surface area contributed by atoms with Gasteiger partial charge in [-0.3, -0.25) is 10.1 Å². The molecule has 0 radical (unpaired) electrons. The van der Waals surface area contributed by atoms with Crippen molar-refractivity contribution < 1.29 is 13.3 Å². The monoisotopic (exact) mass is 354 g/mol. The summed E-state index contributed by atoms with van der Waals surface area (Å²) < 4.78 is 26.2. The molecule has 0 amide bonds. The van der Waals surface area contributed by atoms with Gasteiger partial charge in [-0.05, 0) is 25.5 Å². The fraction of sp³-hybridized carbons (Fsp3) is 0.500. The highest BCUT2D eigenvalue weighted by atomic mass is 35.5. The van der Waals surface area contributed by atoms with Crippen molar-refractivity contribution in [1.82, 2.24) is 4.31 Å². The van der Waals surface area contributed by atoms with Crippen molar-refractivity contribution in [2.24, 2.45) is 0 Å². The molecular weight excluding hydrogens is 339 g/mol. The molecule has 0 bridgehead atoms. The minimum atomic E-state index is -3.86. The number of nitrogens with zero attached hydrogens (tertiary/aromatic N) is 2. The minimum Gasteiger partial charge on any atom is -0.258 e. The van der Waals surface area contributed by atoms with Crippen molar-refractivity contribution in [3.8, 4) is 0 Å². The highest BCUT2D eigenvalue weighted by molar-refractivity contribution is 7.89. The van der Waals surface area contributed by atoms with Crippen LogP contribution in [0.4, 0.5) is 5.69 Å². The van der Waals surface area contributed by atoms with E-state index in [0.29, 0.717) is 11.1 Å². The van der Waals surface area contributed by atoms with Crippen LogP contribution in [0.3, 0.4) is 0 Å². The summed E-state index contributed by atoms with van der Waals surface area (Å²) in [4.78, 5) is 10.3. The van der Waals surface area contributed by atoms with Gasteiger partial charge in [0.05, 0.1) is 9.82 Å². The van der Waals surface area contributed by atoms with E-state index in [2.05, 4.69) is 0 Å². The molecule has 0 fully saturated rings. The topological polar surface area (TPSA) is 80.5 Å². The number of halogens is 2. The molecule has 0 aliphatic rings. The fourth-order valence-corrected chi connectivity index (χ4v) is 3.99. The maximum atomic E-state index is 12.5. The molecular formula is C12H16Cl2N2O4S. The lowest BCUT2D eigenvalue weighted by atomic mass is 10.1. The number of nitro benzene ring substituents is 1. The molecule has 0 saturated carbocycles. The lowest BCUT2D eigenvalue weighted by Crippen LogP contribution is -2.34. The number of sulfonamides is 1. The Morgan fingerprint density at radius 1 is 1.19 bits per heavy atom. The second-order valence-corrected chi connectivity index (χ2v) is 7.12. The second-order valence-electron chi connectivity index (χ2n) is 4.42. The lowest BCUT2D eigenvalue weighted by molar-refractivity contribution is -0.385. The Morgan fingerprint density at radius 2 is 1.71 bits per heavy atom. The maximum absolute atomic E-state index is 12.5. The van der Waals surface area contributed by atoms with Gasteiger partial charge in [0.25, 0.3) is 5.69 Å². The Labute approximate surface area is 133 Å². The highest BCUT2D eigenvalue weighted by Gasteiger charge is 2.27. The Hall–Kier alpha value is -0.890. The van der Waals surface area contributed by atoms with Gasteiger partial charge in [0.1, 0.15) is 0 Å². The van der Waals surface area contributed by atoms with E-state index in [1.165, 1.54) is 6.07 Å². The highest BCUT2D eigenvalue weighted by Crippen LogP contribution is 2.27. The van der Waals surface area contributed by atoms with Crippen LogP contribution in [0.1, 0.15) is 11.1 Å². The molecule has 1 aromatic rings. The zero-order valence-electron chi connectivity index (χ0n) is 11.7. The number of nitro groups is 1. The average Bonchev–Trinajstić information content (AvgIpc) is 2.40. The summed E-state index contributed by atoms with van der Waals surface area (Å²) in [5, 5.41) is 11.0. The van der Waals surface area contributed by atoms with Crippen LogP contribution in [-0.2, 0) is 10.0 Å². The number of benzene rings is 1. The van der Waals surface area contributed by atoms with Crippen LogP contribution in [0.25, 0.3) is 0 Å². The number of hydrogen-bond donors (Lipinski definition) is 0. The van der Waals surface area contributed by atoms with E-state index in [9.17, 15) is 18.5 Å². The molecule has 0 N–H and O–H groups in total. The Balaban J connectivity index is 3.40. The van der Waals surface area contributed by atoms with Crippen LogP contribution in [0, 0.1) is 24.0 Å². The third kappa shape index (κ3) is 4.06. The summed E-state index contributed by atoms with van der Waals surface area (Å²) in [5.74, 6) is 0.228. The Kier molecular flexibility index (Phi) is 6.40. The van der Waals surface area contributed by atoms with E-state index in [-0.39, 0.29) is 35.4 Å². The molecule has 0 aliphatic heterocycles. The first-order chi connectivity index (χ1) is 9.75. The van der Waals surface area contributed by atoms with Gasteiger partial charge in [0.2, 0.25) is 10.0 Å². The number of aryl methyl sites for hydroxylation is 1. The number of hydrogen-bond acceptors (Lipinski definition) is 4. The van der Waals surface area contributed by atoms with Crippen LogP contribution >= 0.6 is 23.2 Å². The average molecular weight is 355 g/mol. The number of alkyl halides is 2. The van der Waals surface area contributed by atoms with Crippen LogP contribution < -0.4 is 0 Å². The minimum absolute atomic E-state index is 0.0946. The van der Waals surface area contributed by atoms with Crippen LogP contribution in [-0.4, -0.2) is 42.5 Å². The summed E-state index contributed by atoms with van der Waals surface area (Å²) in [6.07, 6.45) is 0. The van der Waals surface area contributed by atoms with Gasteiger partial charge in [-0.2, -0.15) is 4.31 Å². The van der Waals surface area contributed by atoms with E-state index >= 15 is 0 Å². The normalized spacial score (nSPS) is 11.9. The molecule has 118 valence electrons. The second kappa shape index (κ2) is 7.40. The molecule has 0 aromatic heterocycles. The fourth-order valence-electron chi connectivity index (χ4n) is 1.84. The van der Waals surface area contributed by atoms with E-state index < -0.39 is 14.9 Å². The van der Waals surface area contributed by atoms with E-state index in [1.807, 2.05) is 0 Å². The molecule has 0 unspecified atom stereocenters. The van der Waals surface area contributed by atoms with Gasteiger partial charge >= 0.3 is 0 Å². The van der Waals surface area contributed by atoms with Crippen molar-refractivity contribution in [1.29, 1.82) is 0 Å². The van der Waals surface area contributed by atoms with Gasteiger partial charge < -0.3 is 0 Å². The zero-order chi connectivity index (χ0) is 16.2. The van der Waals surface area contributed by atoms with Crippen molar-refractivity contribution in [3.63, 3.8) is 0 Å². The van der Waals surface area contributed by atoms with Crippen molar-refractivity contribution in [2.75, 3.05) is 24.8 Å². The molecule has 1 aromatic carbocycles. The molecule has 0 atom stereocenters. The summed E-state index contributed by atoms with van der Waals surface area (Å²) in [6.45, 7) is 3.41. The van der Waals surface area contributed by atoms with Crippen molar-refractivity contribution in [2.45, 2.75) is 18.7 Å². The van der Waals surface area contributed by atoms with Gasteiger partial charge in [-0.25, -0.2) is 8.42 Å². The molecule has 9 heteroatoms. The third-order valence-corrected chi connectivity index (χ3v) is 5.33. The van der Waals surface area contributed by atoms with Gasteiger partial charge in [0.15, 0.2) is 0 Å². The standard InChI is InChI=1S/C12H16Cl2N2O4S/c1-9-7-11(8-12(10(9)2)16(17)18)21(19,20)15(5-3-13)6-4-14/h7-8H,3-6H2,1-2H3. The van der Waals surface area contributed by atoms with Crippen molar-refractivity contribution >= 4 is 38.9 Å². The van der Waals surface area contributed by atoms with E-state index in [4.69, 9.17) is 23.2 Å². The molecule has 1 rings (SSSR count). The summed E-state index contributed by atoms with van der Waals surface area (Å²) in [6, 6.07) is 2.50. The van der Waals surface area contributed by atoms with Crippen molar-refractivity contribution in [3.05, 3.63) is 33.4 Å². The van der Waals surface area contributed by atoms with E-state index in [0.717, 1.165) is 10.4 Å². The molecule has 0 spiro atoms. The van der Waals surface area contributed by atoms with Crippen LogP contribution in [0.2, 0.25) is 0 Å². The van der Waals surface area contributed by atoms with Crippen LogP contribution in [0.5, 0.6) is 0 Å². The smallest absolute Gasteiger partial charge is 0.258 e. The Morgan fingerprint density at radius 3 is 2.14 bits per heavy atom. The SMILES string of the molecule is Cc1cc(S(=O)(=O)N(CCCl)CCCl)cc([N+](=O)[O-])c1C. The number of rotatable bonds is 7. The molecule has 21 heavy (non-hydrogen) atoms. The molecule has 0 aliphatic carbocycles. The predicted molar refractivity (Wildman–Crippen MR) is 82.8 cm³/mol. The summed E-state index contributed by atoms with van der Waals surface area (Å²) >= 11 is 11.2. The first-order valence-corrected chi connectivity index (χ1v) is 8.64. The lowest BCUT2D eigenvalue weighted by Gasteiger charge is -2.20. The van der Waals surface area contributed by atoms with Crippen LogP contribution in [0.15, 0.2) is 17.0 Å². The zero-order valence-corrected chi connectivity index (χ0v) is 14.0. The molecule has 6 nitrogen and oxygen atoms in total. The first kappa shape index (κ1) is 18.2. The summed E-state index contributed by atoms with van der Waals surface area (Å²) in [7, 11) is -3.86. The maximum Gasteiger partial charge on any atom is 0.273 e. The molecule has 0 heterocycles. The summed E-state index contributed by atoms with van der Waals surface area (Å²) in [5.41, 5.74) is 0.768. The van der Waals surface area contributed by atoms with Gasteiger partial charge in [-0.15, -0.1) is 23.2 Å². The van der Waals surface area contributed by atoms with Gasteiger partial charge in [0, 0.05) is 36.5 Å². The Bertz CT molecular complexity index is 628.